The van der Waals surface area contributed by atoms with Crippen LogP contribution in [0, 0.1) is 0 Å². The molecule has 11 heavy (non-hydrogen) atoms. The van der Waals surface area contributed by atoms with Crippen molar-refractivity contribution in [1.82, 2.24) is 5.32 Å². The van der Waals surface area contributed by atoms with Crippen molar-refractivity contribution in [2.24, 2.45) is 0 Å². The summed E-state index contributed by atoms with van der Waals surface area (Å²) in [5.41, 5.74) is 1.30. The fraction of sp³-hybridized carbons (Fsp3) is 0.556. The van der Waals surface area contributed by atoms with E-state index in [2.05, 4.69) is 18.3 Å². The molecule has 0 aromatic rings. The lowest BCUT2D eigenvalue weighted by Crippen LogP contribution is -2.10. The Bertz CT molecular complexity index is 138. The van der Waals surface area contributed by atoms with Crippen LogP contribution in [0.2, 0.25) is 0 Å². The number of hydrogen-bond acceptors (Lipinski definition) is 2. The summed E-state index contributed by atoms with van der Waals surface area (Å²) in [7, 11) is 0. The first-order valence-corrected chi connectivity index (χ1v) is 4.01. The zero-order valence-electron chi connectivity index (χ0n) is 7.30. The Morgan fingerprint density at radius 3 is 2.73 bits per heavy atom. The van der Waals surface area contributed by atoms with Crippen molar-refractivity contribution in [2.45, 2.75) is 20.3 Å². The van der Waals surface area contributed by atoms with Gasteiger partial charge in [0.05, 0.1) is 6.61 Å². The van der Waals surface area contributed by atoms with E-state index in [4.69, 9.17) is 5.11 Å². The van der Waals surface area contributed by atoms with Crippen molar-refractivity contribution >= 4 is 0 Å². The highest BCUT2D eigenvalue weighted by Crippen LogP contribution is 1.99. The summed E-state index contributed by atoms with van der Waals surface area (Å²) in [5.74, 6) is 0. The summed E-state index contributed by atoms with van der Waals surface area (Å²) in [4.78, 5) is 0. The highest BCUT2D eigenvalue weighted by Gasteiger charge is 1.82. The van der Waals surface area contributed by atoms with Crippen LogP contribution in [0.15, 0.2) is 23.9 Å². The van der Waals surface area contributed by atoms with Gasteiger partial charge in [0.2, 0.25) is 0 Å². The van der Waals surface area contributed by atoms with Crippen molar-refractivity contribution in [2.75, 3.05) is 13.2 Å². The molecule has 2 heteroatoms. The quantitative estimate of drug-likeness (QED) is 0.465. The zero-order chi connectivity index (χ0) is 8.53. The maximum atomic E-state index is 8.43. The maximum Gasteiger partial charge on any atom is 0.0603 e. The lowest BCUT2D eigenvalue weighted by Gasteiger charge is -1.96. The molecule has 0 aromatic heterocycles. The largest absolute Gasteiger partial charge is 0.395 e. The molecule has 0 aliphatic rings. The van der Waals surface area contributed by atoms with Gasteiger partial charge in [0.25, 0.3) is 0 Å². The molecule has 0 rings (SSSR count). The SMILES string of the molecule is C/C=C(\C=C/NCCO)CC. The van der Waals surface area contributed by atoms with Gasteiger partial charge in [-0.1, -0.05) is 18.6 Å². The van der Waals surface area contributed by atoms with Gasteiger partial charge in [-0.25, -0.2) is 0 Å². The second kappa shape index (κ2) is 7.35. The molecule has 0 fully saturated rings. The summed E-state index contributed by atoms with van der Waals surface area (Å²) in [6.07, 6.45) is 7.02. The minimum absolute atomic E-state index is 0.182. The molecular weight excluding hydrogens is 138 g/mol. The van der Waals surface area contributed by atoms with Gasteiger partial charge in [-0.3, -0.25) is 0 Å². The Hall–Kier alpha value is -0.760. The van der Waals surface area contributed by atoms with Gasteiger partial charge in [-0.2, -0.15) is 0 Å². The molecule has 0 bridgehead atoms. The minimum Gasteiger partial charge on any atom is -0.395 e. The van der Waals surface area contributed by atoms with E-state index in [0.717, 1.165) is 6.42 Å². The molecule has 0 aromatic carbocycles. The van der Waals surface area contributed by atoms with Crippen molar-refractivity contribution < 1.29 is 5.11 Å². The summed E-state index contributed by atoms with van der Waals surface area (Å²) in [6, 6.07) is 0. The first-order chi connectivity index (χ1) is 5.35. The monoisotopic (exact) mass is 155 g/mol. The van der Waals surface area contributed by atoms with Gasteiger partial charge >= 0.3 is 0 Å². The molecule has 0 heterocycles. The number of aliphatic hydroxyl groups is 1. The van der Waals surface area contributed by atoms with E-state index in [1.807, 2.05) is 19.2 Å². The third-order valence-corrected chi connectivity index (χ3v) is 1.45. The van der Waals surface area contributed by atoms with Crippen LogP contribution >= 0.6 is 0 Å². The van der Waals surface area contributed by atoms with E-state index in [9.17, 15) is 0 Å². The average molecular weight is 155 g/mol. The topological polar surface area (TPSA) is 32.3 Å². The highest BCUT2D eigenvalue weighted by atomic mass is 16.3. The molecule has 0 radical (unpaired) electrons. The molecule has 2 nitrogen and oxygen atoms in total. The predicted molar refractivity (Wildman–Crippen MR) is 48.3 cm³/mol. The smallest absolute Gasteiger partial charge is 0.0603 e. The van der Waals surface area contributed by atoms with Gasteiger partial charge < -0.3 is 10.4 Å². The molecule has 0 saturated heterocycles. The molecule has 0 unspecified atom stereocenters. The van der Waals surface area contributed by atoms with E-state index in [1.54, 1.807) is 0 Å². The van der Waals surface area contributed by atoms with Crippen LogP contribution in [-0.4, -0.2) is 18.3 Å². The number of rotatable bonds is 5. The van der Waals surface area contributed by atoms with Crippen LogP contribution in [0.1, 0.15) is 20.3 Å². The summed E-state index contributed by atoms with van der Waals surface area (Å²) in [5, 5.41) is 11.4. The Morgan fingerprint density at radius 2 is 2.27 bits per heavy atom. The predicted octanol–water partition coefficient (Wildman–Crippen LogP) is 1.44. The van der Waals surface area contributed by atoms with Crippen molar-refractivity contribution in [3.05, 3.63) is 23.9 Å². The van der Waals surface area contributed by atoms with E-state index in [-0.39, 0.29) is 6.61 Å². The molecule has 0 spiro atoms. The maximum absolute atomic E-state index is 8.43. The van der Waals surface area contributed by atoms with Crippen molar-refractivity contribution in [3.8, 4) is 0 Å². The molecular formula is C9H17NO. The summed E-state index contributed by atoms with van der Waals surface area (Å²) < 4.78 is 0. The number of allylic oxidation sites excluding steroid dienone is 3. The number of hydrogen-bond donors (Lipinski definition) is 2. The molecule has 0 amide bonds. The lowest BCUT2D eigenvalue weighted by molar-refractivity contribution is 0.298. The zero-order valence-corrected chi connectivity index (χ0v) is 7.30. The van der Waals surface area contributed by atoms with Crippen LogP contribution in [0.4, 0.5) is 0 Å². The lowest BCUT2D eigenvalue weighted by atomic mass is 10.2. The Kier molecular flexibility index (Phi) is 6.84. The van der Waals surface area contributed by atoms with Gasteiger partial charge in [0.15, 0.2) is 0 Å². The molecule has 0 aliphatic carbocycles. The third kappa shape index (κ3) is 5.67. The van der Waals surface area contributed by atoms with Crippen LogP contribution in [0.25, 0.3) is 0 Å². The van der Waals surface area contributed by atoms with Gasteiger partial charge in [-0.05, 0) is 25.6 Å². The summed E-state index contributed by atoms with van der Waals surface area (Å²) in [6.45, 7) is 4.94. The van der Waals surface area contributed by atoms with E-state index < -0.39 is 0 Å². The Labute approximate surface area is 68.6 Å². The Morgan fingerprint density at radius 1 is 1.55 bits per heavy atom. The second-order valence-corrected chi connectivity index (χ2v) is 2.23. The minimum atomic E-state index is 0.182. The highest BCUT2D eigenvalue weighted by molar-refractivity contribution is 5.16. The van der Waals surface area contributed by atoms with Crippen molar-refractivity contribution in [3.63, 3.8) is 0 Å². The molecule has 64 valence electrons. The van der Waals surface area contributed by atoms with E-state index in [0.29, 0.717) is 6.54 Å². The first kappa shape index (κ1) is 10.2. The second-order valence-electron chi connectivity index (χ2n) is 2.23. The van der Waals surface area contributed by atoms with Gasteiger partial charge in [0, 0.05) is 6.54 Å². The van der Waals surface area contributed by atoms with Crippen molar-refractivity contribution in [1.29, 1.82) is 0 Å². The molecule has 0 atom stereocenters. The van der Waals surface area contributed by atoms with Crippen LogP contribution in [0.3, 0.4) is 0 Å². The Balaban J connectivity index is 3.54. The van der Waals surface area contributed by atoms with Crippen LogP contribution < -0.4 is 5.32 Å². The normalized spacial score (nSPS) is 12.5. The van der Waals surface area contributed by atoms with Gasteiger partial charge in [-0.15, -0.1) is 0 Å². The number of aliphatic hydroxyl groups excluding tert-OH is 1. The van der Waals surface area contributed by atoms with E-state index in [1.165, 1.54) is 5.57 Å². The molecule has 0 aliphatic heterocycles. The van der Waals surface area contributed by atoms with Crippen LogP contribution in [0.5, 0.6) is 0 Å². The molecule has 2 N–H and O–H groups in total. The third-order valence-electron chi connectivity index (χ3n) is 1.45. The first-order valence-electron chi connectivity index (χ1n) is 4.01. The molecule has 0 saturated carbocycles. The fourth-order valence-corrected chi connectivity index (χ4v) is 0.732. The average Bonchev–Trinajstić information content (AvgIpc) is 2.05. The fourth-order valence-electron chi connectivity index (χ4n) is 0.732. The van der Waals surface area contributed by atoms with Crippen LogP contribution in [-0.2, 0) is 0 Å². The standard InChI is InChI=1S/C9H17NO/c1-3-9(4-2)5-6-10-7-8-11/h3,5-6,10-11H,4,7-8H2,1-2H3/b6-5-,9-3-. The van der Waals surface area contributed by atoms with E-state index >= 15 is 0 Å². The number of nitrogens with one attached hydrogen (secondary N) is 1. The van der Waals surface area contributed by atoms with Gasteiger partial charge in [0.1, 0.15) is 0 Å². The summed E-state index contributed by atoms with van der Waals surface area (Å²) >= 11 is 0.